The number of imidazole rings is 1. The van der Waals surface area contributed by atoms with Gasteiger partial charge in [-0.3, -0.25) is 14.6 Å². The number of aliphatic hydroxyl groups excluding tert-OH is 1. The van der Waals surface area contributed by atoms with Crippen molar-refractivity contribution in [2.24, 2.45) is 0 Å². The minimum Gasteiger partial charge on any atom is -0.389 e. The number of amides is 1. The van der Waals surface area contributed by atoms with Gasteiger partial charge >= 0.3 is 0 Å². The van der Waals surface area contributed by atoms with Gasteiger partial charge in [-0.15, -0.1) is 0 Å². The highest BCUT2D eigenvalue weighted by Crippen LogP contribution is 2.10. The highest BCUT2D eigenvalue weighted by Gasteiger charge is 2.14. The monoisotopic (exact) mass is 362 g/mol. The van der Waals surface area contributed by atoms with Crippen molar-refractivity contribution in [3.8, 4) is 0 Å². The normalized spacial score (nSPS) is 12.2. The summed E-state index contributed by atoms with van der Waals surface area (Å²) >= 11 is 5.77. The van der Waals surface area contributed by atoms with Crippen molar-refractivity contribution in [3.05, 3.63) is 51.5 Å². The molecule has 1 amide bonds. The first-order valence-corrected chi connectivity index (χ1v) is 7.74. The zero-order valence-corrected chi connectivity index (χ0v) is 13.7. The van der Waals surface area contributed by atoms with Crippen LogP contribution in [0.5, 0.6) is 0 Å². The van der Waals surface area contributed by atoms with Gasteiger partial charge in [0.2, 0.25) is 5.95 Å². The molecule has 9 nitrogen and oxygen atoms in total. The van der Waals surface area contributed by atoms with Crippen molar-refractivity contribution in [2.45, 2.75) is 12.6 Å². The molecule has 0 aliphatic carbocycles. The SMILES string of the molecule is Nc1nc2ncn(CC(O)CNC(=O)c3ccc(Cl)cc3)c2c(=O)[nH]1. The molecule has 0 aliphatic heterocycles. The number of nitrogens with one attached hydrogen (secondary N) is 2. The fourth-order valence-corrected chi connectivity index (χ4v) is 2.47. The summed E-state index contributed by atoms with van der Waals surface area (Å²) in [7, 11) is 0. The van der Waals surface area contributed by atoms with Gasteiger partial charge < -0.3 is 20.7 Å². The summed E-state index contributed by atoms with van der Waals surface area (Å²) in [6, 6.07) is 6.39. The van der Waals surface area contributed by atoms with Crippen LogP contribution in [0.15, 0.2) is 35.4 Å². The lowest BCUT2D eigenvalue weighted by Gasteiger charge is -2.13. The van der Waals surface area contributed by atoms with Gasteiger partial charge in [0.15, 0.2) is 11.2 Å². The number of benzene rings is 1. The molecular formula is C15H15ClN6O3. The number of carbonyl (C=O) groups is 1. The first-order valence-electron chi connectivity index (χ1n) is 7.36. The van der Waals surface area contributed by atoms with E-state index in [1.807, 2.05) is 0 Å². The van der Waals surface area contributed by atoms with Crippen molar-refractivity contribution >= 4 is 34.6 Å². The summed E-state index contributed by atoms with van der Waals surface area (Å²) in [5.41, 5.74) is 5.84. The molecule has 130 valence electrons. The summed E-state index contributed by atoms with van der Waals surface area (Å²) in [4.78, 5) is 34.2. The molecular weight excluding hydrogens is 348 g/mol. The van der Waals surface area contributed by atoms with Crippen molar-refractivity contribution in [1.82, 2.24) is 24.8 Å². The van der Waals surface area contributed by atoms with Gasteiger partial charge in [0.25, 0.3) is 11.5 Å². The Morgan fingerprint density at radius 1 is 1.40 bits per heavy atom. The molecule has 25 heavy (non-hydrogen) atoms. The Hall–Kier alpha value is -2.91. The van der Waals surface area contributed by atoms with E-state index in [2.05, 4.69) is 20.3 Å². The van der Waals surface area contributed by atoms with Crippen LogP contribution in [0, 0.1) is 0 Å². The Morgan fingerprint density at radius 2 is 2.12 bits per heavy atom. The Morgan fingerprint density at radius 3 is 2.84 bits per heavy atom. The zero-order valence-electron chi connectivity index (χ0n) is 12.9. The number of carbonyl (C=O) groups excluding carboxylic acids is 1. The number of halogens is 1. The van der Waals surface area contributed by atoms with Gasteiger partial charge in [0, 0.05) is 17.1 Å². The van der Waals surface area contributed by atoms with Gasteiger partial charge in [-0.05, 0) is 24.3 Å². The number of H-pyrrole nitrogens is 1. The van der Waals surface area contributed by atoms with Crippen LogP contribution >= 0.6 is 11.6 Å². The molecule has 2 aromatic heterocycles. The predicted molar refractivity (Wildman–Crippen MR) is 92.4 cm³/mol. The van der Waals surface area contributed by atoms with Gasteiger partial charge in [0.1, 0.15) is 0 Å². The number of nitrogens with two attached hydrogens (primary N) is 1. The first kappa shape index (κ1) is 16.9. The maximum atomic E-state index is 12.0. The average Bonchev–Trinajstić information content (AvgIpc) is 2.96. The van der Waals surface area contributed by atoms with Crippen molar-refractivity contribution < 1.29 is 9.90 Å². The molecule has 3 aromatic rings. The van der Waals surface area contributed by atoms with Crippen molar-refractivity contribution in [1.29, 1.82) is 0 Å². The fraction of sp³-hybridized carbons (Fsp3) is 0.200. The van der Waals surface area contributed by atoms with E-state index in [4.69, 9.17) is 17.3 Å². The maximum absolute atomic E-state index is 12.0. The molecule has 3 rings (SSSR count). The highest BCUT2D eigenvalue weighted by molar-refractivity contribution is 6.30. The van der Waals surface area contributed by atoms with E-state index in [9.17, 15) is 14.7 Å². The second kappa shape index (κ2) is 6.91. The molecule has 0 bridgehead atoms. The number of hydrogen-bond acceptors (Lipinski definition) is 6. The lowest BCUT2D eigenvalue weighted by atomic mass is 10.2. The molecule has 2 heterocycles. The van der Waals surface area contributed by atoms with E-state index in [1.165, 1.54) is 10.9 Å². The molecule has 0 saturated carbocycles. The highest BCUT2D eigenvalue weighted by atomic mass is 35.5. The Labute approximate surface area is 146 Å². The standard InChI is InChI=1S/C15H15ClN6O3/c16-9-3-1-8(2-4-9)13(24)18-5-10(23)6-22-7-19-12-11(22)14(25)21-15(17)20-12/h1-4,7,10,23H,5-6H2,(H,18,24)(H3,17,20,21,25). The Bertz CT molecular complexity index is 966. The van der Waals surface area contributed by atoms with Crippen LogP contribution in [0.3, 0.4) is 0 Å². The summed E-state index contributed by atoms with van der Waals surface area (Å²) in [6.07, 6.45) is 0.460. The zero-order chi connectivity index (χ0) is 18.0. The fourth-order valence-electron chi connectivity index (χ4n) is 2.35. The van der Waals surface area contributed by atoms with Gasteiger partial charge in [-0.1, -0.05) is 11.6 Å². The number of rotatable bonds is 5. The molecule has 1 unspecified atom stereocenters. The van der Waals surface area contributed by atoms with E-state index in [0.29, 0.717) is 10.6 Å². The number of aliphatic hydroxyl groups is 1. The summed E-state index contributed by atoms with van der Waals surface area (Å²) in [6.45, 7) is 0.0630. The Balaban J connectivity index is 1.65. The summed E-state index contributed by atoms with van der Waals surface area (Å²) in [5.74, 6) is -0.364. The van der Waals surface area contributed by atoms with Crippen molar-refractivity contribution in [3.63, 3.8) is 0 Å². The van der Waals surface area contributed by atoms with Crippen LogP contribution in [0.1, 0.15) is 10.4 Å². The third-order valence-corrected chi connectivity index (χ3v) is 3.77. The molecule has 10 heteroatoms. The van der Waals surface area contributed by atoms with Crippen LogP contribution in [0.2, 0.25) is 5.02 Å². The van der Waals surface area contributed by atoms with E-state index in [0.717, 1.165) is 0 Å². The molecule has 0 fully saturated rings. The number of fused-ring (bicyclic) bond motifs is 1. The van der Waals surface area contributed by atoms with Gasteiger partial charge in [0.05, 0.1) is 19.0 Å². The molecule has 1 atom stereocenters. The van der Waals surface area contributed by atoms with E-state index >= 15 is 0 Å². The van der Waals surface area contributed by atoms with E-state index < -0.39 is 11.7 Å². The third-order valence-electron chi connectivity index (χ3n) is 3.51. The van der Waals surface area contributed by atoms with E-state index in [-0.39, 0.29) is 36.1 Å². The predicted octanol–water partition coefficient (Wildman–Crippen LogP) is 0.146. The van der Waals surface area contributed by atoms with Crippen LogP contribution in [0.25, 0.3) is 11.2 Å². The number of nitrogens with zero attached hydrogens (tertiary/aromatic N) is 3. The van der Waals surface area contributed by atoms with Crippen LogP contribution in [0.4, 0.5) is 5.95 Å². The number of aromatic nitrogens is 4. The largest absolute Gasteiger partial charge is 0.389 e. The topological polar surface area (TPSA) is 139 Å². The molecule has 0 aliphatic rings. The van der Waals surface area contributed by atoms with Crippen molar-refractivity contribution in [2.75, 3.05) is 12.3 Å². The van der Waals surface area contributed by atoms with Crippen LogP contribution in [-0.4, -0.2) is 43.2 Å². The average molecular weight is 363 g/mol. The first-order chi connectivity index (χ1) is 11.9. The molecule has 0 spiro atoms. The molecule has 5 N–H and O–H groups in total. The molecule has 0 saturated heterocycles. The summed E-state index contributed by atoms with van der Waals surface area (Å²) < 4.78 is 1.46. The smallest absolute Gasteiger partial charge is 0.278 e. The number of nitrogen functional groups attached to an aromatic ring is 1. The molecule has 1 aromatic carbocycles. The number of anilines is 1. The van der Waals surface area contributed by atoms with Gasteiger partial charge in [-0.25, -0.2) is 4.98 Å². The molecule has 0 radical (unpaired) electrons. The third kappa shape index (κ3) is 3.78. The summed E-state index contributed by atoms with van der Waals surface area (Å²) in [5, 5.41) is 13.3. The number of hydrogen-bond donors (Lipinski definition) is 4. The van der Waals surface area contributed by atoms with E-state index in [1.54, 1.807) is 24.3 Å². The van der Waals surface area contributed by atoms with Gasteiger partial charge in [-0.2, -0.15) is 4.98 Å². The lowest BCUT2D eigenvalue weighted by molar-refractivity contribution is 0.0905. The maximum Gasteiger partial charge on any atom is 0.278 e. The Kier molecular flexibility index (Phi) is 4.68. The lowest BCUT2D eigenvalue weighted by Crippen LogP contribution is -2.34. The number of aromatic amines is 1. The van der Waals surface area contributed by atoms with Crippen LogP contribution < -0.4 is 16.6 Å². The quantitative estimate of drug-likeness (QED) is 0.509. The van der Waals surface area contributed by atoms with Crippen LogP contribution in [-0.2, 0) is 6.54 Å². The minimum absolute atomic E-state index is 0.00143. The minimum atomic E-state index is -0.925. The second-order valence-corrected chi connectivity index (χ2v) is 5.83. The second-order valence-electron chi connectivity index (χ2n) is 5.39.